The van der Waals surface area contributed by atoms with Crippen molar-refractivity contribution in [3.63, 3.8) is 0 Å². The molecule has 8 rings (SSSR count). The van der Waals surface area contributed by atoms with Crippen LogP contribution in [0.2, 0.25) is 0 Å². The number of carbonyl (C=O) groups is 2. The van der Waals surface area contributed by atoms with Gasteiger partial charge in [-0.1, -0.05) is 66.8 Å². The Labute approximate surface area is 253 Å². The van der Waals surface area contributed by atoms with Crippen molar-refractivity contribution in [2.45, 2.75) is 37.3 Å². The van der Waals surface area contributed by atoms with Crippen LogP contribution in [-0.2, 0) is 0 Å². The number of allylic oxidation sites excluding steroid dienone is 3. The first-order valence-electron chi connectivity index (χ1n) is 14.7. The molecular weight excluding hydrogens is 550 g/mol. The Morgan fingerprint density at radius 2 is 1.68 bits per heavy atom. The molecule has 3 aromatic heterocycles. The summed E-state index contributed by atoms with van der Waals surface area (Å²) < 4.78 is 1.78. The van der Waals surface area contributed by atoms with Gasteiger partial charge in [0.1, 0.15) is 0 Å². The molecule has 0 spiro atoms. The summed E-state index contributed by atoms with van der Waals surface area (Å²) in [7, 11) is 0. The fraction of sp³-hybridized carbons (Fsp3) is 0.194. The van der Waals surface area contributed by atoms with Crippen molar-refractivity contribution in [3.8, 4) is 11.1 Å². The van der Waals surface area contributed by atoms with Gasteiger partial charge in [0, 0.05) is 42.0 Å². The van der Waals surface area contributed by atoms with E-state index in [1.807, 2.05) is 43.5 Å². The summed E-state index contributed by atoms with van der Waals surface area (Å²) in [5.41, 5.74) is 4.85. The fourth-order valence-corrected chi connectivity index (χ4v) is 7.24. The molecule has 1 fully saturated rings. The maximum absolute atomic E-state index is 13.6. The van der Waals surface area contributed by atoms with Gasteiger partial charge in [0.25, 0.3) is 11.8 Å². The van der Waals surface area contributed by atoms with Crippen LogP contribution in [0.5, 0.6) is 0 Å². The van der Waals surface area contributed by atoms with E-state index in [1.54, 1.807) is 28.8 Å². The highest BCUT2D eigenvalue weighted by atomic mass is 16.3. The number of carbonyl (C=O) groups excluding carboxylic acids is 2. The third kappa shape index (κ3) is 3.77. The molecule has 8 heteroatoms. The number of hydrogen-bond donors (Lipinski definition) is 1. The Balaban J connectivity index is 1.21. The quantitative estimate of drug-likeness (QED) is 0.204. The van der Waals surface area contributed by atoms with E-state index in [9.17, 15) is 14.7 Å². The van der Waals surface area contributed by atoms with Crippen molar-refractivity contribution >= 4 is 34.1 Å². The number of pyridine rings is 1. The van der Waals surface area contributed by atoms with Gasteiger partial charge in [0.15, 0.2) is 11.3 Å². The smallest absolute Gasteiger partial charge is 0.262 e. The van der Waals surface area contributed by atoms with Gasteiger partial charge in [0.05, 0.1) is 33.7 Å². The van der Waals surface area contributed by atoms with Crippen LogP contribution in [0.4, 0.5) is 0 Å². The minimum absolute atomic E-state index is 0.195. The van der Waals surface area contributed by atoms with Crippen LogP contribution in [0, 0.1) is 12.8 Å². The lowest BCUT2D eigenvalue weighted by molar-refractivity contribution is -0.112. The molecule has 1 aliphatic heterocycles. The Kier molecular flexibility index (Phi) is 5.64. The second-order valence-electron chi connectivity index (χ2n) is 12.1. The molecule has 1 atom stereocenters. The molecule has 3 aliphatic rings. The molecule has 2 amide bonds. The van der Waals surface area contributed by atoms with Crippen molar-refractivity contribution in [2.75, 3.05) is 0 Å². The number of aliphatic hydroxyl groups is 1. The molecule has 2 aromatic carbocycles. The molecule has 216 valence electrons. The first-order valence-corrected chi connectivity index (χ1v) is 14.7. The number of aryl methyl sites for hydroxylation is 1. The number of hydrogen-bond acceptors (Lipinski definition) is 6. The Morgan fingerprint density at radius 1 is 0.977 bits per heavy atom. The minimum Gasteiger partial charge on any atom is -0.386 e. The van der Waals surface area contributed by atoms with Crippen molar-refractivity contribution in [1.29, 1.82) is 0 Å². The largest absolute Gasteiger partial charge is 0.386 e. The Hall–Kier alpha value is -5.21. The first kappa shape index (κ1) is 26.4. The number of imide groups is 1. The molecule has 1 unspecified atom stereocenters. The summed E-state index contributed by atoms with van der Waals surface area (Å²) in [6, 6.07) is 21.1. The average molecular weight is 580 g/mol. The van der Waals surface area contributed by atoms with Crippen LogP contribution in [0.15, 0.2) is 104 Å². The first-order chi connectivity index (χ1) is 21.3. The summed E-state index contributed by atoms with van der Waals surface area (Å²) in [5, 5.41) is 16.6. The highest BCUT2D eigenvalue weighted by Gasteiger charge is 2.63. The molecule has 8 nitrogen and oxygen atoms in total. The van der Waals surface area contributed by atoms with E-state index in [0.717, 1.165) is 39.1 Å². The summed E-state index contributed by atoms with van der Waals surface area (Å²) in [6.45, 7) is 5.75. The van der Waals surface area contributed by atoms with E-state index in [0.29, 0.717) is 23.2 Å². The Bertz CT molecular complexity index is 2070. The van der Waals surface area contributed by atoms with Gasteiger partial charge >= 0.3 is 0 Å². The van der Waals surface area contributed by atoms with E-state index >= 15 is 0 Å². The average Bonchev–Trinajstić information content (AvgIpc) is 3.55. The van der Waals surface area contributed by atoms with Gasteiger partial charge in [-0.25, -0.2) is 9.97 Å². The summed E-state index contributed by atoms with van der Waals surface area (Å²) in [4.78, 5) is 38.4. The molecule has 0 radical (unpaired) electrons. The molecule has 1 saturated carbocycles. The Morgan fingerprint density at radius 3 is 2.34 bits per heavy atom. The van der Waals surface area contributed by atoms with E-state index in [-0.39, 0.29) is 30.6 Å². The summed E-state index contributed by atoms with van der Waals surface area (Å²) >= 11 is 0. The number of aromatic nitrogens is 4. The third-order valence-corrected chi connectivity index (χ3v) is 9.37. The molecular formula is C36H29N5O3. The summed E-state index contributed by atoms with van der Waals surface area (Å²) in [5.74, 6) is -0.817. The normalized spacial score (nSPS) is 24.5. The second kappa shape index (κ2) is 9.39. The van der Waals surface area contributed by atoms with Crippen molar-refractivity contribution in [1.82, 2.24) is 24.5 Å². The molecule has 5 aromatic rings. The SMILES string of the molecule is C=C[C@]1(O)C[C@](C2C=CC(c3nc4c(cnc5cc(C)nn54)cc3-c3ccccc3)=CC2)(N2C(=O)c3ccccc3C2=O)C1. The monoisotopic (exact) mass is 579 g/mol. The predicted molar refractivity (Wildman–Crippen MR) is 168 cm³/mol. The van der Waals surface area contributed by atoms with Crippen LogP contribution >= 0.6 is 0 Å². The predicted octanol–water partition coefficient (Wildman–Crippen LogP) is 5.96. The standard InChI is InChI=1S/C36H29N5O3/c1-3-35(44)20-36(21-35,40-33(42)27-11-7-8-12-28(27)34(40)43)26-15-13-24(14-16-26)31-29(23-9-5-4-6-10-23)18-25-19-37-30-17-22(2)39-41(30)32(25)38-31/h3-15,17-19,26,44H,1,16,20-21H2,2H3/t26?,35-,36-. The molecule has 4 heterocycles. The van der Waals surface area contributed by atoms with E-state index in [4.69, 9.17) is 4.98 Å². The molecule has 0 bridgehead atoms. The fourth-order valence-electron chi connectivity index (χ4n) is 7.24. The summed E-state index contributed by atoms with van der Waals surface area (Å²) in [6.07, 6.45) is 10.6. The van der Waals surface area contributed by atoms with Gasteiger partial charge in [-0.15, -0.1) is 6.58 Å². The highest BCUT2D eigenvalue weighted by molar-refractivity contribution is 6.22. The molecule has 2 aliphatic carbocycles. The zero-order chi connectivity index (χ0) is 30.2. The highest BCUT2D eigenvalue weighted by Crippen LogP contribution is 2.55. The van der Waals surface area contributed by atoms with Crippen LogP contribution in [0.25, 0.3) is 33.4 Å². The van der Waals surface area contributed by atoms with Gasteiger partial charge in [-0.2, -0.15) is 9.61 Å². The van der Waals surface area contributed by atoms with Gasteiger partial charge in [-0.05, 0) is 42.7 Å². The van der Waals surface area contributed by atoms with Gasteiger partial charge in [-0.3, -0.25) is 14.5 Å². The topological polar surface area (TPSA) is 101 Å². The maximum Gasteiger partial charge on any atom is 0.262 e. The lowest BCUT2D eigenvalue weighted by atomic mass is 9.57. The number of fused-ring (bicyclic) bond motifs is 4. The van der Waals surface area contributed by atoms with Crippen LogP contribution in [-0.4, -0.2) is 52.5 Å². The van der Waals surface area contributed by atoms with Crippen LogP contribution in [0.3, 0.4) is 0 Å². The molecule has 0 saturated heterocycles. The lowest BCUT2D eigenvalue weighted by Gasteiger charge is -2.58. The number of rotatable bonds is 5. The molecule has 1 N–H and O–H groups in total. The lowest BCUT2D eigenvalue weighted by Crippen LogP contribution is -2.69. The van der Waals surface area contributed by atoms with Crippen molar-refractivity contribution in [2.24, 2.45) is 5.92 Å². The molecule has 44 heavy (non-hydrogen) atoms. The van der Waals surface area contributed by atoms with Gasteiger partial charge in [0.2, 0.25) is 0 Å². The minimum atomic E-state index is -1.14. The number of nitrogens with zero attached hydrogens (tertiary/aromatic N) is 5. The van der Waals surface area contributed by atoms with Crippen molar-refractivity contribution in [3.05, 3.63) is 126 Å². The van der Waals surface area contributed by atoms with Crippen LogP contribution in [0.1, 0.15) is 51.4 Å². The maximum atomic E-state index is 13.6. The second-order valence-corrected chi connectivity index (χ2v) is 12.1. The zero-order valence-corrected chi connectivity index (χ0v) is 24.1. The van der Waals surface area contributed by atoms with Crippen molar-refractivity contribution < 1.29 is 14.7 Å². The zero-order valence-electron chi connectivity index (χ0n) is 24.1. The third-order valence-electron chi connectivity index (χ3n) is 9.37. The van der Waals surface area contributed by atoms with Gasteiger partial charge < -0.3 is 5.11 Å². The van der Waals surface area contributed by atoms with E-state index < -0.39 is 11.1 Å². The number of amides is 2. The van der Waals surface area contributed by atoms with Crippen LogP contribution < -0.4 is 0 Å². The van der Waals surface area contributed by atoms with E-state index in [1.165, 1.54) is 11.0 Å². The van der Waals surface area contributed by atoms with E-state index in [2.05, 4.69) is 47.0 Å². The number of benzene rings is 2.